The van der Waals surface area contributed by atoms with Crippen LogP contribution in [-0.4, -0.2) is 28.6 Å². The number of hydrogen-bond donors (Lipinski definition) is 1. The van der Waals surface area contributed by atoms with E-state index in [0.29, 0.717) is 13.2 Å². The van der Waals surface area contributed by atoms with Crippen molar-refractivity contribution in [1.82, 2.24) is 9.78 Å². The van der Waals surface area contributed by atoms with Crippen molar-refractivity contribution in [2.24, 2.45) is 0 Å². The Morgan fingerprint density at radius 2 is 2.33 bits per heavy atom. The van der Waals surface area contributed by atoms with Crippen molar-refractivity contribution in [3.05, 3.63) is 37.2 Å². The SMILES string of the molecule is COCCn1nccc1C(O)c1cc(Br)sc1Br. The summed E-state index contributed by atoms with van der Waals surface area (Å²) in [5.41, 5.74) is 1.60. The summed E-state index contributed by atoms with van der Waals surface area (Å²) in [5.74, 6) is 0. The van der Waals surface area contributed by atoms with Crippen LogP contribution in [0.15, 0.2) is 25.9 Å². The molecule has 2 rings (SSSR count). The molecule has 0 bridgehead atoms. The highest BCUT2D eigenvalue weighted by Crippen LogP contribution is 2.37. The molecule has 0 spiro atoms. The molecule has 1 atom stereocenters. The Morgan fingerprint density at radius 1 is 1.56 bits per heavy atom. The quantitative estimate of drug-likeness (QED) is 0.845. The van der Waals surface area contributed by atoms with Gasteiger partial charge in [-0.05, 0) is 44.0 Å². The van der Waals surface area contributed by atoms with Gasteiger partial charge in [0.1, 0.15) is 6.10 Å². The second-order valence-electron chi connectivity index (χ2n) is 3.65. The fourth-order valence-electron chi connectivity index (χ4n) is 1.64. The first-order valence-electron chi connectivity index (χ1n) is 5.27. The van der Waals surface area contributed by atoms with E-state index in [1.54, 1.807) is 18.0 Å². The summed E-state index contributed by atoms with van der Waals surface area (Å²) in [7, 11) is 1.65. The maximum Gasteiger partial charge on any atom is 0.123 e. The van der Waals surface area contributed by atoms with Crippen LogP contribution in [0, 0.1) is 0 Å². The normalized spacial score (nSPS) is 12.9. The Balaban J connectivity index is 2.25. The van der Waals surface area contributed by atoms with Gasteiger partial charge in [-0.15, -0.1) is 11.3 Å². The van der Waals surface area contributed by atoms with Crippen molar-refractivity contribution in [1.29, 1.82) is 0 Å². The highest BCUT2D eigenvalue weighted by atomic mass is 79.9. The molecule has 0 aromatic carbocycles. The maximum atomic E-state index is 10.4. The largest absolute Gasteiger partial charge is 0.383 e. The standard InChI is InChI=1S/C11H12Br2N2O2S/c1-17-5-4-15-8(2-3-14-15)10(16)7-6-9(12)18-11(7)13/h2-3,6,10,16H,4-5H2,1H3. The molecule has 0 radical (unpaired) electrons. The second-order valence-corrected chi connectivity index (χ2v) is 7.40. The van der Waals surface area contributed by atoms with E-state index >= 15 is 0 Å². The van der Waals surface area contributed by atoms with Gasteiger partial charge in [0.2, 0.25) is 0 Å². The number of rotatable bonds is 5. The molecule has 0 aliphatic heterocycles. The number of aliphatic hydroxyl groups excluding tert-OH is 1. The minimum absolute atomic E-state index is 0.565. The van der Waals surface area contributed by atoms with Crippen LogP contribution < -0.4 is 0 Å². The molecule has 7 heteroatoms. The lowest BCUT2D eigenvalue weighted by Crippen LogP contribution is -2.13. The number of ether oxygens (including phenoxy) is 1. The van der Waals surface area contributed by atoms with Gasteiger partial charge in [-0.3, -0.25) is 4.68 Å². The van der Waals surface area contributed by atoms with Crippen molar-refractivity contribution in [2.75, 3.05) is 13.7 Å². The molecule has 18 heavy (non-hydrogen) atoms. The summed E-state index contributed by atoms with van der Waals surface area (Å²) >= 11 is 8.40. The first-order valence-corrected chi connectivity index (χ1v) is 7.67. The fourth-order valence-corrected chi connectivity index (χ4v) is 4.52. The van der Waals surface area contributed by atoms with Crippen molar-refractivity contribution in [2.45, 2.75) is 12.6 Å². The Morgan fingerprint density at radius 3 is 2.94 bits per heavy atom. The average molecular weight is 396 g/mol. The van der Waals surface area contributed by atoms with Gasteiger partial charge in [0.15, 0.2) is 0 Å². The monoisotopic (exact) mass is 394 g/mol. The van der Waals surface area contributed by atoms with Gasteiger partial charge in [0, 0.05) is 18.9 Å². The zero-order valence-corrected chi connectivity index (χ0v) is 13.6. The Bertz CT molecular complexity index is 527. The van der Waals surface area contributed by atoms with Gasteiger partial charge in [-0.2, -0.15) is 5.10 Å². The number of nitrogens with zero attached hydrogens (tertiary/aromatic N) is 2. The summed E-state index contributed by atoms with van der Waals surface area (Å²) in [6.45, 7) is 1.19. The van der Waals surface area contributed by atoms with Gasteiger partial charge in [-0.25, -0.2) is 0 Å². The molecule has 1 unspecified atom stereocenters. The second kappa shape index (κ2) is 6.29. The topological polar surface area (TPSA) is 47.3 Å². The molecule has 0 aliphatic carbocycles. The number of hydrogen-bond acceptors (Lipinski definition) is 4. The van der Waals surface area contributed by atoms with Crippen LogP contribution in [0.1, 0.15) is 17.4 Å². The molecule has 0 aliphatic rings. The van der Waals surface area contributed by atoms with E-state index in [4.69, 9.17) is 4.74 Å². The average Bonchev–Trinajstić information content (AvgIpc) is 2.92. The third kappa shape index (κ3) is 3.03. The van der Waals surface area contributed by atoms with Gasteiger partial charge in [-0.1, -0.05) is 0 Å². The van der Waals surface area contributed by atoms with Crippen LogP contribution in [0.25, 0.3) is 0 Å². The number of halogens is 2. The molecular formula is C11H12Br2N2O2S. The molecule has 4 nitrogen and oxygen atoms in total. The molecule has 0 fully saturated rings. The first kappa shape index (κ1) is 14.2. The van der Waals surface area contributed by atoms with E-state index < -0.39 is 6.10 Å². The van der Waals surface area contributed by atoms with Crippen molar-refractivity contribution >= 4 is 43.2 Å². The first-order chi connectivity index (χ1) is 8.63. The van der Waals surface area contributed by atoms with E-state index in [1.165, 1.54) is 11.3 Å². The van der Waals surface area contributed by atoms with Gasteiger partial charge < -0.3 is 9.84 Å². The summed E-state index contributed by atoms with van der Waals surface area (Å²) in [6, 6.07) is 3.73. The van der Waals surface area contributed by atoms with Crippen molar-refractivity contribution in [3.63, 3.8) is 0 Å². The molecule has 0 saturated carbocycles. The smallest absolute Gasteiger partial charge is 0.123 e. The Hall–Kier alpha value is -0.210. The predicted octanol–water partition coefficient (Wildman–Crippen LogP) is 3.20. The number of thiophene rings is 1. The summed E-state index contributed by atoms with van der Waals surface area (Å²) in [4.78, 5) is 0. The van der Waals surface area contributed by atoms with Gasteiger partial charge >= 0.3 is 0 Å². The van der Waals surface area contributed by atoms with E-state index in [0.717, 1.165) is 18.8 Å². The van der Waals surface area contributed by atoms with Crippen LogP contribution in [0.5, 0.6) is 0 Å². The van der Waals surface area contributed by atoms with E-state index in [9.17, 15) is 5.11 Å². The highest BCUT2D eigenvalue weighted by Gasteiger charge is 2.19. The third-order valence-electron chi connectivity index (χ3n) is 2.51. The zero-order valence-electron chi connectivity index (χ0n) is 9.64. The van der Waals surface area contributed by atoms with Crippen LogP contribution >= 0.6 is 43.2 Å². The minimum atomic E-state index is -0.693. The number of methoxy groups -OCH3 is 1. The molecular weight excluding hydrogens is 384 g/mol. The van der Waals surface area contributed by atoms with Crippen molar-refractivity contribution < 1.29 is 9.84 Å². The lowest BCUT2D eigenvalue weighted by Gasteiger charge is -2.12. The maximum absolute atomic E-state index is 10.4. The predicted molar refractivity (Wildman–Crippen MR) is 77.9 cm³/mol. The zero-order chi connectivity index (χ0) is 13.1. The highest BCUT2D eigenvalue weighted by molar-refractivity contribution is 9.12. The number of aliphatic hydroxyl groups is 1. The molecule has 1 N–H and O–H groups in total. The van der Waals surface area contributed by atoms with Crippen molar-refractivity contribution in [3.8, 4) is 0 Å². The lowest BCUT2D eigenvalue weighted by molar-refractivity contribution is 0.171. The molecule has 2 aromatic heterocycles. The Kier molecular flexibility index (Phi) is 4.97. The molecule has 2 aromatic rings. The molecule has 2 heterocycles. The van der Waals surface area contributed by atoms with E-state index in [1.807, 2.05) is 12.1 Å². The van der Waals surface area contributed by atoms with Crippen LogP contribution in [0.3, 0.4) is 0 Å². The van der Waals surface area contributed by atoms with E-state index in [-0.39, 0.29) is 0 Å². The summed E-state index contributed by atoms with van der Waals surface area (Å²) < 4.78 is 8.68. The summed E-state index contributed by atoms with van der Waals surface area (Å²) in [6.07, 6.45) is 0.991. The summed E-state index contributed by atoms with van der Waals surface area (Å²) in [5, 5.41) is 14.6. The fraction of sp³-hybridized carbons (Fsp3) is 0.364. The number of aromatic nitrogens is 2. The van der Waals surface area contributed by atoms with Gasteiger partial charge in [0.05, 0.1) is 26.4 Å². The lowest BCUT2D eigenvalue weighted by atomic mass is 10.1. The van der Waals surface area contributed by atoms with Crippen LogP contribution in [0.2, 0.25) is 0 Å². The molecule has 0 amide bonds. The third-order valence-corrected chi connectivity index (χ3v) is 4.90. The Labute approximate surface area is 126 Å². The van der Waals surface area contributed by atoms with Crippen LogP contribution in [-0.2, 0) is 11.3 Å². The van der Waals surface area contributed by atoms with Crippen LogP contribution in [0.4, 0.5) is 0 Å². The van der Waals surface area contributed by atoms with E-state index in [2.05, 4.69) is 37.0 Å². The molecule has 0 saturated heterocycles. The van der Waals surface area contributed by atoms with Gasteiger partial charge in [0.25, 0.3) is 0 Å². The minimum Gasteiger partial charge on any atom is -0.383 e. The molecule has 98 valence electrons.